The zero-order valence-corrected chi connectivity index (χ0v) is 24.9. The summed E-state index contributed by atoms with van der Waals surface area (Å²) in [6, 6.07) is 43.2. The topological polar surface area (TPSA) is 30.7 Å². The first-order chi connectivity index (χ1) is 22.3. The van der Waals surface area contributed by atoms with E-state index in [9.17, 15) is 0 Å². The van der Waals surface area contributed by atoms with E-state index in [2.05, 4.69) is 144 Å². The third-order valence-corrected chi connectivity index (χ3v) is 9.43. The van der Waals surface area contributed by atoms with Gasteiger partial charge in [-0.15, -0.1) is 0 Å². The molecule has 0 aliphatic heterocycles. The quantitative estimate of drug-likeness (QED) is 0.209. The molecule has 0 spiro atoms. The van der Waals surface area contributed by atoms with E-state index in [0.717, 1.165) is 59.4 Å². The maximum absolute atomic E-state index is 5.29. The maximum Gasteiger partial charge on any atom is 0.160 e. The first-order valence-corrected chi connectivity index (χ1v) is 15.9. The highest BCUT2D eigenvalue weighted by molar-refractivity contribution is 6.10. The summed E-state index contributed by atoms with van der Waals surface area (Å²) in [5, 5.41) is 6.30. The molecule has 45 heavy (non-hydrogen) atoms. The molecule has 3 nitrogen and oxygen atoms in total. The largest absolute Gasteiger partial charge is 0.309 e. The third-order valence-electron chi connectivity index (χ3n) is 9.43. The number of para-hydroxylation sites is 3. The fourth-order valence-corrected chi connectivity index (χ4v) is 7.29. The van der Waals surface area contributed by atoms with Gasteiger partial charge in [-0.05, 0) is 95.3 Å². The van der Waals surface area contributed by atoms with Gasteiger partial charge in [-0.2, -0.15) is 0 Å². The zero-order valence-electron chi connectivity index (χ0n) is 24.9. The van der Waals surface area contributed by atoms with E-state index in [0.29, 0.717) is 0 Å². The van der Waals surface area contributed by atoms with Gasteiger partial charge in [0.05, 0.1) is 22.2 Å². The lowest BCUT2D eigenvalue weighted by Gasteiger charge is -2.20. The van der Waals surface area contributed by atoms with Crippen LogP contribution in [0.2, 0.25) is 0 Å². The summed E-state index contributed by atoms with van der Waals surface area (Å²) in [5.74, 6) is 0.768. The Morgan fingerprint density at radius 1 is 0.556 bits per heavy atom. The Bertz CT molecular complexity index is 2480. The Labute approximate surface area is 261 Å². The molecule has 2 aliphatic carbocycles. The van der Waals surface area contributed by atoms with Crippen LogP contribution in [0, 0.1) is 0 Å². The summed E-state index contributed by atoms with van der Waals surface area (Å²) in [6.45, 7) is 0. The van der Waals surface area contributed by atoms with Crippen LogP contribution in [0.25, 0.3) is 67.0 Å². The third kappa shape index (κ3) is 4.35. The molecular weight excluding hydrogens is 546 g/mol. The fourth-order valence-electron chi connectivity index (χ4n) is 7.29. The molecule has 0 N–H and O–H groups in total. The summed E-state index contributed by atoms with van der Waals surface area (Å²) in [5.41, 5.74) is 10.8. The molecule has 3 heteroatoms. The van der Waals surface area contributed by atoms with Crippen LogP contribution in [0.3, 0.4) is 0 Å². The van der Waals surface area contributed by atoms with Crippen LogP contribution in [0.1, 0.15) is 31.4 Å². The number of nitrogens with zero attached hydrogens (tertiary/aromatic N) is 3. The van der Waals surface area contributed by atoms with Crippen LogP contribution in [-0.2, 0) is 0 Å². The molecule has 0 amide bonds. The van der Waals surface area contributed by atoms with Gasteiger partial charge in [0, 0.05) is 27.4 Å². The second kappa shape index (κ2) is 10.6. The number of fused-ring (bicyclic) bond motifs is 5. The van der Waals surface area contributed by atoms with Gasteiger partial charge >= 0.3 is 0 Å². The Balaban J connectivity index is 1.19. The minimum atomic E-state index is 0.768. The van der Waals surface area contributed by atoms with Gasteiger partial charge in [0.15, 0.2) is 5.82 Å². The van der Waals surface area contributed by atoms with Gasteiger partial charge in [-0.3, -0.25) is 0 Å². The van der Waals surface area contributed by atoms with Crippen molar-refractivity contribution >= 4 is 49.9 Å². The van der Waals surface area contributed by atoms with Gasteiger partial charge in [0.1, 0.15) is 0 Å². The van der Waals surface area contributed by atoms with Crippen LogP contribution >= 0.6 is 0 Å². The van der Waals surface area contributed by atoms with E-state index in [1.807, 2.05) is 0 Å². The predicted octanol–water partition coefficient (Wildman–Crippen LogP) is 8.92. The normalized spacial score (nSPS) is 14.7. The molecule has 2 aromatic heterocycles. The van der Waals surface area contributed by atoms with E-state index >= 15 is 0 Å². The van der Waals surface area contributed by atoms with E-state index in [-0.39, 0.29) is 0 Å². The Hall–Kier alpha value is -5.54. The van der Waals surface area contributed by atoms with Crippen LogP contribution in [0.5, 0.6) is 0 Å². The van der Waals surface area contributed by atoms with E-state index in [1.165, 1.54) is 49.0 Å². The van der Waals surface area contributed by atoms with Crippen LogP contribution in [-0.4, -0.2) is 14.5 Å². The summed E-state index contributed by atoms with van der Waals surface area (Å²) >= 11 is 0. The first kappa shape index (κ1) is 25.9. The number of benzene rings is 5. The lowest BCUT2D eigenvalue weighted by Crippen LogP contribution is -2.29. The fraction of sp³-hybridized carbons (Fsp3) is 0.0952. The van der Waals surface area contributed by atoms with Crippen molar-refractivity contribution in [1.82, 2.24) is 14.5 Å². The molecule has 0 radical (unpaired) electrons. The second-order valence-electron chi connectivity index (χ2n) is 12.0. The molecule has 0 fully saturated rings. The minimum Gasteiger partial charge on any atom is -0.309 e. The molecule has 2 aliphatic rings. The Morgan fingerprint density at radius 2 is 1.29 bits per heavy atom. The predicted molar refractivity (Wildman–Crippen MR) is 187 cm³/mol. The standard InChI is InChI=1S/C42H31N3/c1-2-13-32(14-3-1)45-39-20-9-7-16-35(39)37-27-31(25-26-40(37)45)42-43-38-19-8-6-17-36(38)41(44-42)30-23-21-29(22-24-30)34-18-10-12-28-11-4-5-15-33(28)34/h1-9,11-17,19-21,23,25-27H,10,18,22,24H2. The lowest BCUT2D eigenvalue weighted by molar-refractivity contribution is 0.965. The van der Waals surface area contributed by atoms with Gasteiger partial charge < -0.3 is 4.57 Å². The van der Waals surface area contributed by atoms with E-state index < -0.39 is 0 Å². The van der Waals surface area contributed by atoms with E-state index in [1.54, 1.807) is 0 Å². The zero-order chi connectivity index (χ0) is 29.7. The highest BCUT2D eigenvalue weighted by atomic mass is 15.0. The molecule has 214 valence electrons. The van der Waals surface area contributed by atoms with Gasteiger partial charge in [0.2, 0.25) is 0 Å². The highest BCUT2D eigenvalue weighted by Crippen LogP contribution is 2.37. The molecule has 0 unspecified atom stereocenters. The molecule has 5 aromatic carbocycles. The van der Waals surface area contributed by atoms with Crippen molar-refractivity contribution in [2.24, 2.45) is 0 Å². The number of rotatable bonds is 4. The molecule has 0 saturated carbocycles. The van der Waals surface area contributed by atoms with Gasteiger partial charge in [-0.1, -0.05) is 97.1 Å². The number of allylic oxidation sites excluding steroid dienone is 4. The van der Waals surface area contributed by atoms with Crippen molar-refractivity contribution in [1.29, 1.82) is 0 Å². The number of hydrogen-bond donors (Lipinski definition) is 0. The monoisotopic (exact) mass is 577 g/mol. The average Bonchev–Trinajstić information content (AvgIpc) is 3.45. The molecule has 0 bridgehead atoms. The van der Waals surface area contributed by atoms with Crippen molar-refractivity contribution in [3.8, 4) is 17.1 Å². The maximum atomic E-state index is 5.29. The van der Waals surface area contributed by atoms with Crippen molar-refractivity contribution in [3.63, 3.8) is 0 Å². The summed E-state index contributed by atoms with van der Waals surface area (Å²) in [6.07, 6.45) is 11.2. The number of aromatic nitrogens is 3. The smallest absolute Gasteiger partial charge is 0.160 e. The molecule has 2 heterocycles. The van der Waals surface area contributed by atoms with Crippen LogP contribution in [0.4, 0.5) is 0 Å². The Morgan fingerprint density at radius 3 is 2.18 bits per heavy atom. The second-order valence-corrected chi connectivity index (χ2v) is 12.0. The van der Waals surface area contributed by atoms with Crippen molar-refractivity contribution < 1.29 is 0 Å². The highest BCUT2D eigenvalue weighted by Gasteiger charge is 2.19. The van der Waals surface area contributed by atoms with Gasteiger partial charge in [0.25, 0.3) is 0 Å². The lowest BCUT2D eigenvalue weighted by atomic mass is 9.86. The number of hydrogen-bond acceptors (Lipinski definition) is 2. The van der Waals surface area contributed by atoms with E-state index in [4.69, 9.17) is 9.97 Å². The molecule has 7 aromatic rings. The molecule has 0 atom stereocenters. The van der Waals surface area contributed by atoms with Crippen molar-refractivity contribution in [2.45, 2.75) is 25.7 Å². The minimum absolute atomic E-state index is 0.768. The molecular formula is C42H31N3. The first-order valence-electron chi connectivity index (χ1n) is 15.9. The van der Waals surface area contributed by atoms with Crippen LogP contribution in [0.15, 0.2) is 139 Å². The van der Waals surface area contributed by atoms with Crippen molar-refractivity contribution in [2.75, 3.05) is 0 Å². The van der Waals surface area contributed by atoms with Gasteiger partial charge in [-0.25, -0.2) is 9.97 Å². The summed E-state index contributed by atoms with van der Waals surface area (Å²) in [4.78, 5) is 10.4. The molecule has 0 saturated heterocycles. The average molecular weight is 578 g/mol. The summed E-state index contributed by atoms with van der Waals surface area (Å²) < 4.78 is 2.35. The van der Waals surface area contributed by atoms with Crippen molar-refractivity contribution in [3.05, 3.63) is 155 Å². The Kier molecular flexibility index (Phi) is 6.09. The summed E-state index contributed by atoms with van der Waals surface area (Å²) in [7, 11) is 0. The van der Waals surface area contributed by atoms with Crippen LogP contribution < -0.4 is 10.4 Å². The molecule has 9 rings (SSSR count). The SMILES string of the molecule is C1=C(C2=c3ccccc3=CCC2)CCC(c2nc(-c3ccc4c(c3)c3ccccc3n4-c3ccccc3)nc3ccccc23)=C1.